The van der Waals surface area contributed by atoms with Gasteiger partial charge in [0.15, 0.2) is 0 Å². The van der Waals surface area contributed by atoms with Crippen LogP contribution in [-0.4, -0.2) is 34.1 Å². The summed E-state index contributed by atoms with van der Waals surface area (Å²) in [5.74, 6) is 1.85. The Bertz CT molecular complexity index is 1490. The quantitative estimate of drug-likeness (QED) is 0.155. The number of aryl methyl sites for hydroxylation is 1. The van der Waals surface area contributed by atoms with Gasteiger partial charge in [0.25, 0.3) is 5.56 Å². The number of aromatic nitrogens is 2. The van der Waals surface area contributed by atoms with Crippen LogP contribution in [0.4, 0.5) is 0 Å². The Balaban J connectivity index is 0.00000210. The first-order valence-corrected chi connectivity index (χ1v) is 13.0. The van der Waals surface area contributed by atoms with Gasteiger partial charge in [-0.15, -0.1) is 24.8 Å². The highest BCUT2D eigenvalue weighted by Gasteiger charge is 2.11. The van der Waals surface area contributed by atoms with Gasteiger partial charge in [-0.2, -0.15) is 0 Å². The van der Waals surface area contributed by atoms with Crippen molar-refractivity contribution in [2.24, 2.45) is 7.05 Å². The van der Waals surface area contributed by atoms with Crippen LogP contribution in [0, 0.1) is 0 Å². The Morgan fingerprint density at radius 2 is 1.77 bits per heavy atom. The topological polar surface area (TPSA) is 60.5 Å². The highest BCUT2D eigenvalue weighted by atomic mass is 35.5. The maximum atomic E-state index is 11.8. The summed E-state index contributed by atoms with van der Waals surface area (Å²) in [4.78, 5) is 18.5. The summed E-state index contributed by atoms with van der Waals surface area (Å²) >= 11 is 0. The van der Waals surface area contributed by atoms with E-state index in [-0.39, 0.29) is 30.4 Å². The molecule has 0 N–H and O–H groups in total. The van der Waals surface area contributed by atoms with E-state index in [0.29, 0.717) is 6.61 Å². The molecule has 0 saturated heterocycles. The zero-order valence-electron chi connectivity index (χ0n) is 22.1. The van der Waals surface area contributed by atoms with Gasteiger partial charge in [0.05, 0.1) is 18.7 Å². The molecule has 2 aromatic carbocycles. The second-order valence-electron chi connectivity index (χ2n) is 9.50. The van der Waals surface area contributed by atoms with Crippen LogP contribution in [-0.2, 0) is 20.0 Å². The molecule has 0 aliphatic rings. The molecule has 3 aromatic heterocycles. The Morgan fingerprint density at radius 3 is 2.59 bits per heavy atom. The molecular weight excluding hydrogens is 533 g/mol. The zero-order chi connectivity index (χ0) is 25.5. The number of fused-ring (bicyclic) bond motifs is 2. The SMILES string of the molecule is Cl.Cl.Cn1c(=O)ccc2cc(OCCCCCN(CCc3cccnc3)Cc3cc4ccccc4o3)ccc21. The van der Waals surface area contributed by atoms with Gasteiger partial charge in [0.1, 0.15) is 17.1 Å². The molecule has 0 unspecified atom stereocenters. The van der Waals surface area contributed by atoms with Crippen LogP contribution in [0.1, 0.15) is 30.6 Å². The summed E-state index contributed by atoms with van der Waals surface area (Å²) in [5, 5.41) is 2.16. The number of pyridine rings is 2. The molecule has 6 nitrogen and oxygen atoms in total. The molecule has 0 bridgehead atoms. The number of halogens is 2. The average molecular weight is 569 g/mol. The van der Waals surface area contributed by atoms with Crippen LogP contribution >= 0.6 is 24.8 Å². The van der Waals surface area contributed by atoms with E-state index in [2.05, 4.69) is 28.1 Å². The molecular formula is C31H35Cl2N3O3. The van der Waals surface area contributed by atoms with E-state index in [4.69, 9.17) is 9.15 Å². The molecule has 5 aromatic rings. The smallest absolute Gasteiger partial charge is 0.250 e. The van der Waals surface area contributed by atoms with E-state index in [9.17, 15) is 4.79 Å². The zero-order valence-corrected chi connectivity index (χ0v) is 23.8. The van der Waals surface area contributed by atoms with Gasteiger partial charge in [0.2, 0.25) is 0 Å². The van der Waals surface area contributed by atoms with Crippen molar-refractivity contribution in [3.63, 3.8) is 0 Å². The first-order valence-electron chi connectivity index (χ1n) is 13.0. The van der Waals surface area contributed by atoms with Crippen LogP contribution in [0.25, 0.3) is 21.9 Å². The highest BCUT2D eigenvalue weighted by molar-refractivity contribution is 5.85. The van der Waals surface area contributed by atoms with Gasteiger partial charge >= 0.3 is 0 Å². The van der Waals surface area contributed by atoms with E-state index >= 15 is 0 Å². The van der Waals surface area contributed by atoms with Gasteiger partial charge < -0.3 is 13.7 Å². The van der Waals surface area contributed by atoms with Crippen LogP contribution in [0.15, 0.2) is 94.4 Å². The summed E-state index contributed by atoms with van der Waals surface area (Å²) in [6, 6.07) is 23.8. The first kappa shape index (κ1) is 30.2. The number of hydrogen-bond donors (Lipinski definition) is 0. The van der Waals surface area contributed by atoms with Crippen molar-refractivity contribution >= 4 is 46.7 Å². The number of furan rings is 1. The maximum Gasteiger partial charge on any atom is 0.250 e. The molecule has 0 radical (unpaired) electrons. The summed E-state index contributed by atoms with van der Waals surface area (Å²) in [5.41, 5.74) is 3.10. The molecule has 39 heavy (non-hydrogen) atoms. The van der Waals surface area contributed by atoms with E-state index < -0.39 is 0 Å². The molecule has 0 fully saturated rings. The maximum absolute atomic E-state index is 11.8. The van der Waals surface area contributed by atoms with E-state index in [0.717, 1.165) is 78.7 Å². The first-order chi connectivity index (χ1) is 18.2. The third-order valence-corrected chi connectivity index (χ3v) is 6.78. The van der Waals surface area contributed by atoms with Gasteiger partial charge in [-0.3, -0.25) is 14.7 Å². The fraction of sp³-hybridized carbons (Fsp3) is 0.290. The Kier molecular flexibility index (Phi) is 11.4. The van der Waals surface area contributed by atoms with Gasteiger partial charge in [-0.1, -0.05) is 24.3 Å². The number of para-hydroxylation sites is 1. The lowest BCUT2D eigenvalue weighted by Crippen LogP contribution is -2.27. The normalized spacial score (nSPS) is 10.9. The number of unbranched alkanes of at least 4 members (excludes halogenated alkanes) is 2. The fourth-order valence-corrected chi connectivity index (χ4v) is 4.70. The van der Waals surface area contributed by atoms with Crippen molar-refractivity contribution in [3.8, 4) is 5.75 Å². The summed E-state index contributed by atoms with van der Waals surface area (Å²) in [7, 11) is 1.79. The van der Waals surface area contributed by atoms with E-state index in [1.807, 2.05) is 60.9 Å². The van der Waals surface area contributed by atoms with Crippen LogP contribution in [0.5, 0.6) is 5.75 Å². The van der Waals surface area contributed by atoms with Gasteiger partial charge in [-0.25, -0.2) is 0 Å². The highest BCUT2D eigenvalue weighted by Crippen LogP contribution is 2.21. The number of ether oxygens (including phenoxy) is 1. The molecule has 0 aliphatic heterocycles. The molecule has 0 amide bonds. The minimum atomic E-state index is -0.00373. The molecule has 5 rings (SSSR count). The van der Waals surface area contributed by atoms with E-state index in [1.165, 1.54) is 5.56 Å². The Morgan fingerprint density at radius 1 is 0.897 bits per heavy atom. The lowest BCUT2D eigenvalue weighted by Gasteiger charge is -2.21. The monoisotopic (exact) mass is 567 g/mol. The molecule has 206 valence electrons. The lowest BCUT2D eigenvalue weighted by atomic mass is 10.2. The summed E-state index contributed by atoms with van der Waals surface area (Å²) in [6.07, 6.45) is 7.90. The number of benzene rings is 2. The minimum Gasteiger partial charge on any atom is -0.494 e. The molecule has 0 saturated carbocycles. The number of hydrogen-bond acceptors (Lipinski definition) is 5. The van der Waals surface area contributed by atoms with Crippen molar-refractivity contribution < 1.29 is 9.15 Å². The lowest BCUT2D eigenvalue weighted by molar-refractivity contribution is 0.238. The Labute approximate surface area is 241 Å². The fourth-order valence-electron chi connectivity index (χ4n) is 4.70. The molecule has 3 heterocycles. The van der Waals surface area contributed by atoms with Gasteiger partial charge in [0, 0.05) is 42.8 Å². The van der Waals surface area contributed by atoms with Crippen molar-refractivity contribution in [2.75, 3.05) is 19.7 Å². The second-order valence-corrected chi connectivity index (χ2v) is 9.50. The van der Waals surface area contributed by atoms with Crippen molar-refractivity contribution in [1.29, 1.82) is 0 Å². The Hall–Kier alpha value is -3.32. The second kappa shape index (κ2) is 14.7. The molecule has 8 heteroatoms. The summed E-state index contributed by atoms with van der Waals surface area (Å²) < 4.78 is 13.8. The third-order valence-electron chi connectivity index (χ3n) is 6.78. The van der Waals surface area contributed by atoms with Crippen LogP contribution in [0.3, 0.4) is 0 Å². The van der Waals surface area contributed by atoms with Crippen molar-refractivity contribution in [1.82, 2.24) is 14.5 Å². The van der Waals surface area contributed by atoms with Gasteiger partial charge in [-0.05, 0) is 80.3 Å². The average Bonchev–Trinajstić information content (AvgIpc) is 3.34. The van der Waals surface area contributed by atoms with Crippen LogP contribution < -0.4 is 10.3 Å². The standard InChI is InChI=1S/C31H33N3O3.2ClH/c1-33-29-13-12-27(20-25(29)11-14-31(33)35)36-19-6-2-5-17-34(18-15-24-8-7-16-32-22-24)23-28-21-26-9-3-4-10-30(26)37-28;;/h3-4,7-14,16,20-22H,2,5-6,15,17-19,23H2,1H3;2*1H. The number of rotatable bonds is 12. The predicted molar refractivity (Wildman–Crippen MR) is 162 cm³/mol. The van der Waals surface area contributed by atoms with Crippen molar-refractivity contribution in [2.45, 2.75) is 32.2 Å². The minimum absolute atomic E-state index is 0. The van der Waals surface area contributed by atoms with Crippen molar-refractivity contribution in [3.05, 3.63) is 107 Å². The predicted octanol–water partition coefficient (Wildman–Crippen LogP) is 6.82. The molecule has 0 aliphatic carbocycles. The van der Waals surface area contributed by atoms with Crippen LogP contribution in [0.2, 0.25) is 0 Å². The van der Waals surface area contributed by atoms with E-state index in [1.54, 1.807) is 17.7 Å². The molecule has 0 spiro atoms. The largest absolute Gasteiger partial charge is 0.494 e. The molecule has 0 atom stereocenters. The number of nitrogens with zero attached hydrogens (tertiary/aromatic N) is 3. The third kappa shape index (κ3) is 8.09. The summed E-state index contributed by atoms with van der Waals surface area (Å²) in [6.45, 7) is 3.43.